The topological polar surface area (TPSA) is 73.9 Å². The fourth-order valence-electron chi connectivity index (χ4n) is 1.15. The molecule has 0 radical (unpaired) electrons. The molecule has 0 aromatic rings. The van der Waals surface area contributed by atoms with E-state index < -0.39 is 17.5 Å². The van der Waals surface area contributed by atoms with Crippen molar-refractivity contribution in [2.75, 3.05) is 32.3 Å². The van der Waals surface area contributed by atoms with Crippen LogP contribution in [0.15, 0.2) is 0 Å². The summed E-state index contributed by atoms with van der Waals surface area (Å²) in [6, 6.07) is 0. The molecule has 0 unspecified atom stereocenters. The van der Waals surface area contributed by atoms with Crippen molar-refractivity contribution in [3.05, 3.63) is 0 Å². The molecule has 6 nitrogen and oxygen atoms in total. The van der Waals surface area contributed by atoms with Crippen molar-refractivity contribution in [1.82, 2.24) is 5.32 Å². The van der Waals surface area contributed by atoms with E-state index in [1.807, 2.05) is 0 Å². The molecule has 118 valence electrons. The number of thioether (sulfide) groups is 1. The van der Waals surface area contributed by atoms with Crippen LogP contribution in [0.5, 0.6) is 0 Å². The summed E-state index contributed by atoms with van der Waals surface area (Å²) in [6.45, 7) is 7.42. The number of rotatable bonds is 8. The number of hydrogen-bond donors (Lipinski definition) is 1. The lowest BCUT2D eigenvalue weighted by molar-refractivity contribution is -0.196. The smallest absolute Gasteiger partial charge is 0.407 e. The number of amides is 1. The Morgan fingerprint density at radius 1 is 1.10 bits per heavy atom. The minimum Gasteiger partial charge on any atom is -0.444 e. The van der Waals surface area contributed by atoms with Gasteiger partial charge < -0.3 is 19.5 Å². The van der Waals surface area contributed by atoms with Crippen LogP contribution in [0.4, 0.5) is 4.79 Å². The van der Waals surface area contributed by atoms with Gasteiger partial charge in [-0.25, -0.2) is 4.79 Å². The van der Waals surface area contributed by atoms with Crippen LogP contribution < -0.4 is 5.32 Å². The number of ketones is 1. The number of carbonyl (C=O) groups is 2. The third kappa shape index (κ3) is 7.72. The molecule has 0 fully saturated rings. The second kappa shape index (κ2) is 8.49. The first-order valence-electron chi connectivity index (χ1n) is 6.33. The molecule has 0 spiro atoms. The predicted octanol–water partition coefficient (Wildman–Crippen LogP) is 1.82. The molecule has 0 aliphatic heterocycles. The van der Waals surface area contributed by atoms with E-state index in [2.05, 4.69) is 5.32 Å². The standard InChI is InChI=1S/C13H25NO5S/c1-12(2,3)19-11(16)14-7-8-20-9-10(15)13(4,17-5)18-6/h7-9H2,1-6H3,(H,14,16). The van der Waals surface area contributed by atoms with Gasteiger partial charge >= 0.3 is 6.09 Å². The number of alkyl carbamates (subject to hydrolysis) is 1. The normalized spacial score (nSPS) is 12.1. The van der Waals surface area contributed by atoms with Gasteiger partial charge in [0.15, 0.2) is 0 Å². The number of nitrogens with one attached hydrogen (secondary N) is 1. The Labute approximate surface area is 124 Å². The molecule has 0 atom stereocenters. The summed E-state index contributed by atoms with van der Waals surface area (Å²) in [5, 5.41) is 2.62. The van der Waals surface area contributed by atoms with Crippen molar-refractivity contribution in [2.24, 2.45) is 0 Å². The van der Waals surface area contributed by atoms with E-state index in [9.17, 15) is 9.59 Å². The summed E-state index contributed by atoms with van der Waals surface area (Å²) < 4.78 is 15.1. The van der Waals surface area contributed by atoms with Crippen LogP contribution in [0.3, 0.4) is 0 Å². The summed E-state index contributed by atoms with van der Waals surface area (Å²) in [6.07, 6.45) is -0.456. The maximum Gasteiger partial charge on any atom is 0.407 e. The van der Waals surface area contributed by atoms with Crippen LogP contribution in [0.2, 0.25) is 0 Å². The third-order valence-corrected chi connectivity index (χ3v) is 3.39. The molecule has 0 saturated carbocycles. The average Bonchev–Trinajstić information content (AvgIpc) is 2.34. The Balaban J connectivity index is 3.83. The SMILES string of the molecule is COC(C)(OC)C(=O)CSCCNC(=O)OC(C)(C)C. The minimum atomic E-state index is -1.20. The first kappa shape index (κ1) is 19.2. The average molecular weight is 307 g/mol. The molecule has 7 heteroatoms. The predicted molar refractivity (Wildman–Crippen MR) is 79.0 cm³/mol. The Hall–Kier alpha value is -0.790. The van der Waals surface area contributed by atoms with Gasteiger partial charge in [-0.1, -0.05) is 0 Å². The lowest BCUT2D eigenvalue weighted by Gasteiger charge is -2.24. The highest BCUT2D eigenvalue weighted by molar-refractivity contribution is 7.99. The van der Waals surface area contributed by atoms with Gasteiger partial charge in [0, 0.05) is 26.5 Å². The zero-order chi connectivity index (χ0) is 15.8. The lowest BCUT2D eigenvalue weighted by atomic mass is 10.2. The number of carbonyl (C=O) groups excluding carboxylic acids is 2. The third-order valence-electron chi connectivity index (χ3n) is 2.43. The van der Waals surface area contributed by atoms with Crippen LogP contribution in [-0.2, 0) is 19.0 Å². The summed E-state index contributed by atoms with van der Waals surface area (Å²) in [5.74, 6) is -0.487. The van der Waals surface area contributed by atoms with Crippen molar-refractivity contribution in [3.8, 4) is 0 Å². The quantitative estimate of drug-likeness (QED) is 0.545. The number of methoxy groups -OCH3 is 2. The summed E-state index contributed by atoms with van der Waals surface area (Å²) in [7, 11) is 2.85. The van der Waals surface area contributed by atoms with Gasteiger partial charge in [-0.15, -0.1) is 0 Å². The molecule has 0 bridgehead atoms. The second-order valence-corrected chi connectivity index (χ2v) is 6.36. The van der Waals surface area contributed by atoms with Gasteiger partial charge in [-0.05, 0) is 27.7 Å². The molecular formula is C13H25NO5S. The molecule has 0 aliphatic rings. The maximum atomic E-state index is 11.8. The highest BCUT2D eigenvalue weighted by Crippen LogP contribution is 2.14. The van der Waals surface area contributed by atoms with Crippen LogP contribution in [-0.4, -0.2) is 55.5 Å². The van der Waals surface area contributed by atoms with E-state index in [-0.39, 0.29) is 11.5 Å². The van der Waals surface area contributed by atoms with Gasteiger partial charge in [0.1, 0.15) is 5.60 Å². The Morgan fingerprint density at radius 2 is 1.65 bits per heavy atom. The summed E-state index contributed by atoms with van der Waals surface area (Å²) in [4.78, 5) is 23.2. The minimum absolute atomic E-state index is 0.148. The molecule has 1 N–H and O–H groups in total. The molecule has 0 aliphatic carbocycles. The molecular weight excluding hydrogens is 282 g/mol. The van der Waals surface area contributed by atoms with Gasteiger partial charge in [-0.3, -0.25) is 4.79 Å². The monoisotopic (exact) mass is 307 g/mol. The molecule has 0 saturated heterocycles. The fraction of sp³-hybridized carbons (Fsp3) is 0.846. The zero-order valence-corrected chi connectivity index (χ0v) is 13.9. The highest BCUT2D eigenvalue weighted by Gasteiger charge is 2.32. The van der Waals surface area contributed by atoms with Gasteiger partial charge in [0.2, 0.25) is 11.6 Å². The summed E-state index contributed by atoms with van der Waals surface area (Å²) >= 11 is 1.40. The fourth-order valence-corrected chi connectivity index (χ4v) is 1.98. The van der Waals surface area contributed by atoms with Gasteiger partial charge in [0.25, 0.3) is 0 Å². The largest absolute Gasteiger partial charge is 0.444 e. The van der Waals surface area contributed by atoms with E-state index in [1.165, 1.54) is 26.0 Å². The van der Waals surface area contributed by atoms with Crippen molar-refractivity contribution in [3.63, 3.8) is 0 Å². The van der Waals surface area contributed by atoms with Crippen LogP contribution in [0.1, 0.15) is 27.7 Å². The number of ether oxygens (including phenoxy) is 3. The van der Waals surface area contributed by atoms with E-state index in [0.717, 1.165) is 0 Å². The molecule has 0 aromatic carbocycles. The molecule has 0 heterocycles. The van der Waals surface area contributed by atoms with Gasteiger partial charge in [0.05, 0.1) is 5.75 Å². The zero-order valence-electron chi connectivity index (χ0n) is 13.1. The van der Waals surface area contributed by atoms with E-state index >= 15 is 0 Å². The maximum absolute atomic E-state index is 11.8. The first-order valence-corrected chi connectivity index (χ1v) is 7.48. The van der Waals surface area contributed by atoms with Crippen LogP contribution >= 0.6 is 11.8 Å². The molecule has 20 heavy (non-hydrogen) atoms. The van der Waals surface area contributed by atoms with Crippen molar-refractivity contribution < 1.29 is 23.8 Å². The Bertz CT molecular complexity index is 323. The van der Waals surface area contributed by atoms with E-state index in [1.54, 1.807) is 27.7 Å². The molecule has 0 aromatic heterocycles. The van der Waals surface area contributed by atoms with Crippen molar-refractivity contribution in [2.45, 2.75) is 39.1 Å². The van der Waals surface area contributed by atoms with E-state index in [0.29, 0.717) is 12.3 Å². The highest BCUT2D eigenvalue weighted by atomic mass is 32.2. The van der Waals surface area contributed by atoms with Crippen LogP contribution in [0.25, 0.3) is 0 Å². The van der Waals surface area contributed by atoms with Crippen molar-refractivity contribution >= 4 is 23.6 Å². The first-order chi connectivity index (χ1) is 9.14. The van der Waals surface area contributed by atoms with Gasteiger partial charge in [-0.2, -0.15) is 11.8 Å². The Kier molecular flexibility index (Phi) is 8.15. The molecule has 0 rings (SSSR count). The van der Waals surface area contributed by atoms with Crippen molar-refractivity contribution in [1.29, 1.82) is 0 Å². The summed E-state index contributed by atoms with van der Waals surface area (Å²) in [5.41, 5.74) is -0.508. The van der Waals surface area contributed by atoms with E-state index in [4.69, 9.17) is 14.2 Å². The lowest BCUT2D eigenvalue weighted by Crippen LogP contribution is -2.40. The number of Topliss-reactive ketones (excluding diaryl/α,β-unsaturated/α-hetero) is 1. The number of hydrogen-bond acceptors (Lipinski definition) is 6. The van der Waals surface area contributed by atoms with Crippen LogP contribution in [0, 0.1) is 0 Å². The molecule has 1 amide bonds. The Morgan fingerprint density at radius 3 is 2.10 bits per heavy atom. The second-order valence-electron chi connectivity index (χ2n) is 5.26.